The van der Waals surface area contributed by atoms with Crippen LogP contribution in [0, 0.1) is 18.3 Å². The second kappa shape index (κ2) is 6.44. The number of amides is 1. The number of anilines is 1. The Morgan fingerprint density at radius 2 is 1.30 bits per heavy atom. The van der Waals surface area contributed by atoms with Gasteiger partial charge >= 0.3 is 35.3 Å². The van der Waals surface area contributed by atoms with Crippen LogP contribution in [0.1, 0.15) is 22.9 Å². The maximum Gasteiger partial charge on any atom is 0.384 e. The van der Waals surface area contributed by atoms with E-state index in [-0.39, 0.29) is 16.9 Å². The molecule has 1 heterocycles. The molecular formula is C15H9F11N2OS. The molecule has 1 saturated carbocycles. The Balaban J connectivity index is 2.72. The fourth-order valence-corrected chi connectivity index (χ4v) is 4.00. The predicted octanol–water partition coefficient (Wildman–Crippen LogP) is 5.33. The number of nitrogens with one attached hydrogen (secondary N) is 1. The maximum atomic E-state index is 14.7. The number of hydrogen-bond donors (Lipinski definition) is 1. The van der Waals surface area contributed by atoms with E-state index < -0.39 is 51.8 Å². The number of alkyl halides is 11. The molecule has 1 N–H and O–H groups in total. The Labute approximate surface area is 164 Å². The zero-order chi connectivity index (χ0) is 23.7. The van der Waals surface area contributed by atoms with Crippen LogP contribution in [0.4, 0.5) is 53.3 Å². The van der Waals surface area contributed by atoms with Gasteiger partial charge in [-0.1, -0.05) is 6.92 Å². The van der Waals surface area contributed by atoms with Crippen molar-refractivity contribution >= 4 is 22.2 Å². The van der Waals surface area contributed by atoms with E-state index in [1.165, 1.54) is 19.9 Å². The van der Waals surface area contributed by atoms with Crippen molar-refractivity contribution in [1.82, 2.24) is 0 Å². The highest BCUT2D eigenvalue weighted by molar-refractivity contribution is 7.16. The van der Waals surface area contributed by atoms with Gasteiger partial charge in [0.1, 0.15) is 11.1 Å². The van der Waals surface area contributed by atoms with Gasteiger partial charge in [-0.2, -0.15) is 49.2 Å². The molecule has 1 aromatic rings. The lowest BCUT2D eigenvalue weighted by Gasteiger charge is -2.51. The summed E-state index contributed by atoms with van der Waals surface area (Å²) in [6.07, 6.45) is 0.0660. The van der Waals surface area contributed by atoms with E-state index in [0.29, 0.717) is 11.3 Å². The molecule has 0 radical (unpaired) electrons. The highest BCUT2D eigenvalue weighted by Gasteiger charge is 3.02. The van der Waals surface area contributed by atoms with Gasteiger partial charge in [0.2, 0.25) is 0 Å². The molecule has 1 fully saturated rings. The van der Waals surface area contributed by atoms with Gasteiger partial charge < -0.3 is 5.32 Å². The number of halogens is 11. The molecule has 0 spiro atoms. The largest absolute Gasteiger partial charge is 0.384 e. The standard InChI is InChI=1S/C15H9F11N2OS/c1-3-6-5(2)30-8(7(6)4-27)28-9(29)10(16)11(17,18)13(21,22)15(25,26)14(23,24)12(10,19)20/h3H2,1-2H3,(H,28,29). The highest BCUT2D eigenvalue weighted by atomic mass is 32.1. The number of hydrogen-bond acceptors (Lipinski definition) is 3. The van der Waals surface area contributed by atoms with Crippen molar-refractivity contribution in [3.63, 3.8) is 0 Å². The zero-order valence-corrected chi connectivity index (χ0v) is 15.4. The molecule has 0 atom stereocenters. The molecule has 1 amide bonds. The Hall–Kier alpha value is -2.11. The Kier molecular flexibility index (Phi) is 5.19. The molecule has 0 aliphatic heterocycles. The summed E-state index contributed by atoms with van der Waals surface area (Å²) < 4.78 is 151. The topological polar surface area (TPSA) is 52.9 Å². The second-order valence-electron chi connectivity index (χ2n) is 6.29. The average molecular weight is 474 g/mol. The van der Waals surface area contributed by atoms with Crippen molar-refractivity contribution in [2.45, 2.75) is 55.5 Å². The molecule has 0 unspecified atom stereocenters. The fourth-order valence-electron chi connectivity index (χ4n) is 2.91. The number of carbonyl (C=O) groups is 1. The Bertz CT molecular complexity index is 902. The van der Waals surface area contributed by atoms with Crippen molar-refractivity contribution in [3.8, 4) is 6.07 Å². The van der Waals surface area contributed by atoms with Crippen LogP contribution in [-0.2, 0) is 11.2 Å². The van der Waals surface area contributed by atoms with Crippen LogP contribution in [0.25, 0.3) is 0 Å². The lowest BCUT2D eigenvalue weighted by atomic mass is 9.71. The molecule has 0 saturated heterocycles. The van der Waals surface area contributed by atoms with E-state index >= 15 is 0 Å². The first-order valence-corrected chi connectivity index (χ1v) is 8.54. The minimum absolute atomic E-state index is 0.0660. The number of rotatable bonds is 3. The van der Waals surface area contributed by atoms with Gasteiger partial charge in [-0.05, 0) is 18.9 Å². The first-order chi connectivity index (χ1) is 13.3. The number of nitriles is 1. The van der Waals surface area contributed by atoms with E-state index in [0.717, 1.165) is 5.32 Å². The molecule has 1 aliphatic rings. The van der Waals surface area contributed by atoms with Gasteiger partial charge in [-0.15, -0.1) is 11.3 Å². The third kappa shape index (κ3) is 2.39. The van der Waals surface area contributed by atoms with E-state index in [1.807, 2.05) is 0 Å². The lowest BCUT2D eigenvalue weighted by molar-refractivity contribution is -0.475. The summed E-state index contributed by atoms with van der Waals surface area (Å²) in [5.74, 6) is -40.1. The minimum Gasteiger partial charge on any atom is -0.313 e. The van der Waals surface area contributed by atoms with Crippen LogP contribution in [0.5, 0.6) is 0 Å². The highest BCUT2D eigenvalue weighted by Crippen LogP contribution is 2.69. The van der Waals surface area contributed by atoms with Crippen LogP contribution >= 0.6 is 11.3 Å². The Morgan fingerprint density at radius 1 is 0.900 bits per heavy atom. The first kappa shape index (κ1) is 24.2. The normalized spacial score (nSPS) is 24.7. The molecular weight excluding hydrogens is 465 g/mol. The number of thiophene rings is 1. The molecule has 2 rings (SSSR count). The van der Waals surface area contributed by atoms with Crippen molar-refractivity contribution in [2.75, 3.05) is 5.32 Å². The van der Waals surface area contributed by atoms with Crippen molar-refractivity contribution in [1.29, 1.82) is 5.26 Å². The summed E-state index contributed by atoms with van der Waals surface area (Å²) in [6, 6.07) is 1.43. The summed E-state index contributed by atoms with van der Waals surface area (Å²) in [6.45, 7) is 2.77. The van der Waals surface area contributed by atoms with Gasteiger partial charge in [0.05, 0.1) is 5.56 Å². The molecule has 1 aliphatic carbocycles. The SMILES string of the molecule is CCc1c(C)sc(NC(=O)C2(F)C(F)(F)C(F)(F)C(F)(F)C(F)(F)C2(F)F)c1C#N. The summed E-state index contributed by atoms with van der Waals surface area (Å²) in [5.41, 5.74) is -7.22. The quantitative estimate of drug-likeness (QED) is 0.603. The van der Waals surface area contributed by atoms with Crippen LogP contribution in [0.2, 0.25) is 0 Å². The van der Waals surface area contributed by atoms with Gasteiger partial charge in [0.25, 0.3) is 5.91 Å². The number of carbonyl (C=O) groups excluding carboxylic acids is 1. The molecule has 0 bridgehead atoms. The third-order valence-corrected chi connectivity index (χ3v) is 5.72. The predicted molar refractivity (Wildman–Crippen MR) is 80.4 cm³/mol. The second-order valence-corrected chi connectivity index (χ2v) is 7.52. The monoisotopic (exact) mass is 474 g/mol. The fraction of sp³-hybridized carbons (Fsp3) is 0.600. The average Bonchev–Trinajstić information content (AvgIpc) is 2.92. The molecule has 15 heteroatoms. The van der Waals surface area contributed by atoms with Crippen LogP contribution in [0.3, 0.4) is 0 Å². The first-order valence-electron chi connectivity index (χ1n) is 7.73. The van der Waals surface area contributed by atoms with E-state index in [1.54, 1.807) is 0 Å². The third-order valence-electron chi connectivity index (χ3n) is 4.66. The van der Waals surface area contributed by atoms with E-state index in [4.69, 9.17) is 5.26 Å². The minimum atomic E-state index is -7.41. The van der Waals surface area contributed by atoms with Crippen molar-refractivity contribution < 1.29 is 53.1 Å². The maximum absolute atomic E-state index is 14.7. The smallest absolute Gasteiger partial charge is 0.313 e. The molecule has 3 nitrogen and oxygen atoms in total. The Morgan fingerprint density at radius 3 is 1.67 bits per heavy atom. The van der Waals surface area contributed by atoms with Gasteiger partial charge in [0.15, 0.2) is 0 Å². The number of nitrogens with zero attached hydrogens (tertiary/aromatic N) is 1. The number of aryl methyl sites for hydroxylation is 1. The van der Waals surface area contributed by atoms with E-state index in [9.17, 15) is 53.1 Å². The summed E-state index contributed by atoms with van der Waals surface area (Å²) in [5, 5.41) is 9.15. The molecule has 1 aromatic heterocycles. The summed E-state index contributed by atoms with van der Waals surface area (Å²) in [4.78, 5) is 12.1. The molecule has 0 aromatic carbocycles. The summed E-state index contributed by atoms with van der Waals surface area (Å²) in [7, 11) is 0. The zero-order valence-electron chi connectivity index (χ0n) is 14.6. The van der Waals surface area contributed by atoms with Gasteiger partial charge in [-0.25, -0.2) is 4.39 Å². The van der Waals surface area contributed by atoms with Crippen molar-refractivity contribution in [3.05, 3.63) is 16.0 Å². The van der Waals surface area contributed by atoms with Gasteiger partial charge in [-0.3, -0.25) is 4.79 Å². The van der Waals surface area contributed by atoms with Crippen LogP contribution < -0.4 is 5.32 Å². The lowest BCUT2D eigenvalue weighted by Crippen LogP contribution is -2.86. The summed E-state index contributed by atoms with van der Waals surface area (Å²) >= 11 is 0.347. The van der Waals surface area contributed by atoms with E-state index in [2.05, 4.69) is 0 Å². The van der Waals surface area contributed by atoms with Crippen LogP contribution in [0.15, 0.2) is 0 Å². The van der Waals surface area contributed by atoms with Crippen LogP contribution in [-0.4, -0.2) is 41.2 Å². The van der Waals surface area contributed by atoms with Crippen molar-refractivity contribution in [2.24, 2.45) is 0 Å². The molecule has 30 heavy (non-hydrogen) atoms. The molecule has 168 valence electrons. The van der Waals surface area contributed by atoms with Gasteiger partial charge in [0, 0.05) is 4.88 Å².